The number of amides is 13. The van der Waals surface area contributed by atoms with Crippen LogP contribution in [0.3, 0.4) is 0 Å². The third-order valence-electron chi connectivity index (χ3n) is 21.0. The van der Waals surface area contributed by atoms with Gasteiger partial charge in [-0.2, -0.15) is 0 Å². The van der Waals surface area contributed by atoms with E-state index in [9.17, 15) is 65.4 Å². The lowest BCUT2D eigenvalue weighted by Gasteiger charge is -2.36. The number of carboxylic acid groups (broad SMARTS) is 1. The summed E-state index contributed by atoms with van der Waals surface area (Å²) >= 11 is 6.46. The highest BCUT2D eigenvalue weighted by Crippen LogP contribution is 2.28. The first-order chi connectivity index (χ1) is 52.5. The molecule has 112 heavy (non-hydrogen) atoms. The van der Waals surface area contributed by atoms with Gasteiger partial charge < -0.3 is 76.8 Å². The second-order valence-corrected chi connectivity index (χ2v) is 35.5. The number of hydrogen-bond acceptors (Lipinski definition) is 20. The Labute approximate surface area is 658 Å². The molecule has 34 nitrogen and oxygen atoms in total. The van der Waals surface area contributed by atoms with Gasteiger partial charge in [-0.15, -0.1) is 0 Å². The van der Waals surface area contributed by atoms with Crippen molar-refractivity contribution in [3.05, 3.63) is 70.7 Å². The highest BCUT2D eigenvalue weighted by molar-refractivity contribution is 7.90. The molecular weight excluding hydrogens is 1520 g/mol. The molecule has 9 N–H and O–H groups in total. The lowest BCUT2D eigenvalue weighted by molar-refractivity contribution is -0.149. The number of fused-ring (bicyclic) bond motifs is 2. The number of nitrogens with one attached hydrogen (secondary N) is 7. The molecule has 0 saturated carbocycles. The second kappa shape index (κ2) is 41.0. The van der Waals surface area contributed by atoms with Crippen molar-refractivity contribution in [2.75, 3.05) is 77.9 Å². The molecule has 4 aliphatic heterocycles. The van der Waals surface area contributed by atoms with E-state index in [0.717, 1.165) is 32.1 Å². The van der Waals surface area contributed by atoms with Gasteiger partial charge in [-0.1, -0.05) is 109 Å². The average Bonchev–Trinajstić information content (AvgIpc) is 1.71. The van der Waals surface area contributed by atoms with E-state index in [1.54, 1.807) is 76.2 Å². The minimum atomic E-state index is -3.99. The maximum absolute atomic E-state index is 15.3. The number of likely N-dealkylation sites (tertiary alicyclic amines) is 1. The number of benzene rings is 2. The molecule has 0 spiro atoms. The molecule has 4 saturated heterocycles. The van der Waals surface area contributed by atoms with Crippen LogP contribution < -0.4 is 37.2 Å². The van der Waals surface area contributed by atoms with Crippen molar-refractivity contribution in [2.24, 2.45) is 23.7 Å². The first-order valence-electron chi connectivity index (χ1n) is 37.8. The van der Waals surface area contributed by atoms with Crippen LogP contribution in [0.15, 0.2) is 54.6 Å². The van der Waals surface area contributed by atoms with E-state index in [1.165, 1.54) is 57.8 Å². The van der Waals surface area contributed by atoms with Crippen LogP contribution in [0.4, 0.5) is 0 Å². The van der Waals surface area contributed by atoms with E-state index in [0.29, 0.717) is 17.5 Å². The summed E-state index contributed by atoms with van der Waals surface area (Å²) in [6.45, 7) is 9.12. The first-order valence-corrected chi connectivity index (χ1v) is 42.3. The number of rotatable bonds is 21. The number of carbonyl (C=O) groups is 15. The molecule has 620 valence electrons. The second-order valence-electron chi connectivity index (χ2n) is 30.6. The Balaban J connectivity index is 1.48. The van der Waals surface area contributed by atoms with Crippen LogP contribution >= 0.6 is 11.6 Å². The predicted octanol–water partition coefficient (Wildman–Crippen LogP) is -1.09. The molecule has 0 radical (unpaired) electrons. The van der Waals surface area contributed by atoms with Crippen molar-refractivity contribution in [3.63, 3.8) is 0 Å². The first kappa shape index (κ1) is 91.7. The fourth-order valence-corrected chi connectivity index (χ4v) is 15.8. The fourth-order valence-electron chi connectivity index (χ4n) is 14.3. The minimum absolute atomic E-state index is 0.00367. The number of aliphatic hydroxyl groups excluding tert-OH is 1. The molecule has 0 aromatic heterocycles. The zero-order valence-corrected chi connectivity index (χ0v) is 68.0. The molecule has 6 rings (SSSR count). The molecule has 0 aliphatic carbocycles. The highest BCUT2D eigenvalue weighted by atomic mass is 35.5. The normalized spacial score (nSPS) is 25.9. The molecule has 0 bridgehead atoms. The smallest absolute Gasteiger partial charge is 0.328 e. The largest absolute Gasteiger partial charge is 0.480 e. The van der Waals surface area contributed by atoms with E-state index in [2.05, 4.69) is 37.2 Å². The van der Waals surface area contributed by atoms with Crippen LogP contribution in [0, 0.1) is 23.7 Å². The Bertz CT molecular complexity index is 4040. The quantitative estimate of drug-likeness (QED) is 0.0717. The lowest BCUT2D eigenvalue weighted by atomic mass is 9.94. The molecule has 4 aliphatic rings. The summed E-state index contributed by atoms with van der Waals surface area (Å²) in [6.07, 6.45) is -0.443. The van der Waals surface area contributed by atoms with Crippen LogP contribution in [0.25, 0.3) is 0 Å². The monoisotopic (exact) mass is 1630 g/mol. The van der Waals surface area contributed by atoms with Crippen molar-refractivity contribution in [2.45, 2.75) is 204 Å². The maximum atomic E-state index is 15.3. The van der Waals surface area contributed by atoms with Gasteiger partial charge in [-0.05, 0) is 92.4 Å². The van der Waals surface area contributed by atoms with E-state index in [1.807, 2.05) is 0 Å². The van der Waals surface area contributed by atoms with Crippen LogP contribution in [0.2, 0.25) is 5.02 Å². The van der Waals surface area contributed by atoms with Gasteiger partial charge in [-0.3, -0.25) is 67.1 Å². The number of carbonyl (C=O) groups excluding carboxylic acids is 14. The Morgan fingerprint density at radius 3 is 1.67 bits per heavy atom. The number of nitrogens with zero attached hydrogens (tertiary/aromatic N) is 6. The van der Waals surface area contributed by atoms with E-state index in [4.69, 9.17) is 11.6 Å². The number of halogens is 1. The van der Waals surface area contributed by atoms with Crippen molar-refractivity contribution in [1.82, 2.24) is 66.6 Å². The number of likely N-dealkylation sites (N-methyl/N-ethyl adjacent to an activating group) is 3. The summed E-state index contributed by atoms with van der Waals surface area (Å²) in [5.41, 5.74) is 0.955. The Morgan fingerprint density at radius 2 is 1.11 bits per heavy atom. The average molecular weight is 1630 g/mol. The van der Waals surface area contributed by atoms with Gasteiger partial charge in [0, 0.05) is 89.9 Å². The van der Waals surface area contributed by atoms with Gasteiger partial charge in [0.25, 0.3) is 0 Å². The van der Waals surface area contributed by atoms with Crippen molar-refractivity contribution in [1.29, 1.82) is 0 Å². The zero-order chi connectivity index (χ0) is 83.5. The zero-order valence-electron chi connectivity index (χ0n) is 65.6. The van der Waals surface area contributed by atoms with Gasteiger partial charge in [-0.25, -0.2) is 21.6 Å². The Hall–Kier alpha value is -9.16. The van der Waals surface area contributed by atoms with E-state index in [-0.39, 0.29) is 76.0 Å². The number of aliphatic carboxylic acids is 1. The van der Waals surface area contributed by atoms with Gasteiger partial charge in [0.2, 0.25) is 76.8 Å². The lowest BCUT2D eigenvalue weighted by Crippen LogP contribution is -2.62. The van der Waals surface area contributed by atoms with E-state index >= 15 is 33.6 Å². The number of hydrogen-bond donors (Lipinski definition) is 9. The van der Waals surface area contributed by atoms with Crippen LogP contribution in [0.1, 0.15) is 130 Å². The van der Waals surface area contributed by atoms with Gasteiger partial charge in [0.15, 0.2) is 0 Å². The summed E-state index contributed by atoms with van der Waals surface area (Å²) in [5, 5.41) is 37.3. The SMILES string of the molecule is CC[C@H](C)[C@@H]1NC(=O)[C@H](C(C)C)NC(=O)[C@@H]2CCCN2C(=O)[C@H](C)CC(=O)C[C@@H](C(=O)N2CCC[C@H]2C(=O)N(C)CC(=O)N[C@@H](CO)C(=O)O)NC(=O)[C@H](CCS(C)(=O)=O)NC(=O)[C@H](C(C)C)NC(=O)[C@H](Cc2cccc(Cl)c2)N(C)C(=O)[C@@H]2CCCN2C(=O)[C@H](CCS(C)(=O)=O)NC(=O)[C@H](Cc2ccccc2)N(C)C1=O. The predicted molar refractivity (Wildman–Crippen MR) is 410 cm³/mol. The van der Waals surface area contributed by atoms with Crippen molar-refractivity contribution < 1.29 is 99.0 Å². The van der Waals surface area contributed by atoms with Crippen molar-refractivity contribution in [3.8, 4) is 0 Å². The molecular formula is C75H110ClN13O21S2. The third kappa shape index (κ3) is 25.4. The molecule has 37 heteroatoms. The minimum Gasteiger partial charge on any atom is -0.480 e. The summed E-state index contributed by atoms with van der Waals surface area (Å²) in [4.78, 5) is 226. The fraction of sp³-hybridized carbons (Fsp3) is 0.640. The summed E-state index contributed by atoms with van der Waals surface area (Å²) in [6, 6.07) is -3.80. The number of carboxylic acids is 1. The van der Waals surface area contributed by atoms with E-state index < -0.39 is 255 Å². The molecule has 2 aromatic rings. The van der Waals surface area contributed by atoms with Crippen molar-refractivity contribution >= 4 is 120 Å². The molecule has 13 amide bonds. The summed E-state index contributed by atoms with van der Waals surface area (Å²) < 4.78 is 51.9. The van der Waals surface area contributed by atoms with Gasteiger partial charge in [0.05, 0.1) is 24.7 Å². The molecule has 2 aromatic carbocycles. The Kier molecular flexibility index (Phi) is 33.6. The standard InChI is InChI=1S/C75H110ClN13O21S2/c1-13-44(6)62-74(104)86(10)57(37-46-21-15-14-16-22-46)65(95)79-51(29-34-112(12,109)110)70(100)89-32-20-27-56(89)73(103)85(9)58(38-47-23-17-24-48(76)36-47)66(96)82-60(42(2)3)67(97)78-50(28-33-111(11,107)108)63(93)80-52(71(101)88-31-19-26-55(88)72(102)84(8)40-59(92)77-53(41-90)75(105)106)39-49(91)35-45(7)69(99)87-30-18-25-54(87)64(94)81-61(43(4)5)68(98)83-62/h14-17,21-24,36,42-45,50-58,60-62,90H,13,18-20,25-35,37-41H2,1-12H3,(H,77,92)(H,78,97)(H,79,95)(H,80,93)(H,81,94)(H,82,96)(H,83,98)(H,105,106)/t44-,45+,50-,51-,52-,53-,54-,55-,56-,57-,58-,60-,61-,62-/m0/s1. The van der Waals surface area contributed by atoms with Crippen LogP contribution in [-0.4, -0.2) is 295 Å². The molecule has 0 unspecified atom stereocenters. The number of sulfone groups is 2. The number of ketones is 1. The highest BCUT2D eigenvalue weighted by Gasteiger charge is 2.47. The topological polar surface area (TPSA) is 468 Å². The summed E-state index contributed by atoms with van der Waals surface area (Å²) in [5.74, 6) is -19.1. The number of aliphatic hydroxyl groups is 1. The third-order valence-corrected chi connectivity index (χ3v) is 23.1. The van der Waals surface area contributed by atoms with Gasteiger partial charge >= 0.3 is 5.97 Å². The van der Waals surface area contributed by atoms with Gasteiger partial charge in [0.1, 0.15) is 98.0 Å². The molecule has 14 atom stereocenters. The van der Waals surface area contributed by atoms with Crippen LogP contribution in [-0.2, 0) is 104 Å². The molecule has 4 fully saturated rings. The Morgan fingerprint density at radius 1 is 0.598 bits per heavy atom. The molecule has 4 heterocycles. The summed E-state index contributed by atoms with van der Waals surface area (Å²) in [7, 11) is -4.07. The number of Topliss-reactive ketones (excluding diaryl/α,β-unsaturated/α-hetero) is 1. The van der Waals surface area contributed by atoms with Crippen LogP contribution in [0.5, 0.6) is 0 Å². The maximum Gasteiger partial charge on any atom is 0.328 e.